The molecule has 50 valence electrons. The molecular formula is C5H6O4. The third-order valence-corrected chi connectivity index (χ3v) is 0.660. The fourth-order valence-corrected chi connectivity index (χ4v) is 0.250. The summed E-state index contributed by atoms with van der Waals surface area (Å²) in [5.74, 6) is -2.18. The van der Waals surface area contributed by atoms with Crippen molar-refractivity contribution in [3.63, 3.8) is 0 Å². The van der Waals surface area contributed by atoms with E-state index in [1.54, 1.807) is 0 Å². The average molecular weight is 131 g/mol. The van der Waals surface area contributed by atoms with Crippen LogP contribution < -0.4 is 0 Å². The van der Waals surface area contributed by atoms with Gasteiger partial charge in [0.05, 0.1) is 6.42 Å². The Morgan fingerprint density at radius 1 is 1.67 bits per heavy atom. The quantitative estimate of drug-likeness (QED) is 0.533. The molecule has 0 aromatic heterocycles. The van der Waals surface area contributed by atoms with Crippen LogP contribution in [-0.4, -0.2) is 22.2 Å². The predicted octanol–water partition coefficient (Wildman–Crippen LogP) is 0.102. The third-order valence-electron chi connectivity index (χ3n) is 0.660. The molecule has 9 heavy (non-hydrogen) atoms. The molecule has 0 radical (unpaired) electrons. The molecule has 0 aromatic carbocycles. The fraction of sp³-hybridized carbons (Fsp3) is 0.200. The summed E-state index contributed by atoms with van der Waals surface area (Å²) in [4.78, 5) is 20.2. The lowest BCUT2D eigenvalue weighted by molar-refractivity contribution is -0.139. The van der Waals surface area contributed by atoms with Crippen molar-refractivity contribution >= 4 is 11.9 Å². The first-order valence-corrected chi connectivity index (χ1v) is 2.15. The molecule has 0 spiro atoms. The lowest BCUT2D eigenvalue weighted by Gasteiger charge is -1.91. The minimum Gasteiger partial charge on any atom is -0.481 e. The Hall–Kier alpha value is -1.32. The molecule has 0 aliphatic carbocycles. The summed E-state index contributed by atoms with van der Waals surface area (Å²) >= 11 is 0. The summed E-state index contributed by atoms with van der Waals surface area (Å²) in [7, 11) is 0. The van der Waals surface area contributed by atoms with Gasteiger partial charge < -0.3 is 10.2 Å². The molecule has 0 aromatic rings. The highest BCUT2D eigenvalue weighted by molar-refractivity contribution is 5.91. The van der Waals surface area contributed by atoms with Crippen molar-refractivity contribution in [3.8, 4) is 0 Å². The first-order valence-electron chi connectivity index (χ1n) is 2.55. The molecule has 0 saturated carbocycles. The fourth-order valence-electron chi connectivity index (χ4n) is 0.250. The van der Waals surface area contributed by atoms with Crippen LogP contribution in [0, 0.1) is 0 Å². The molecule has 0 rings (SSSR count). The maximum absolute atomic E-state index is 10.2. The topological polar surface area (TPSA) is 74.6 Å². The van der Waals surface area contributed by atoms with E-state index in [0.29, 0.717) is 0 Å². The van der Waals surface area contributed by atoms with E-state index in [1.165, 1.54) is 0 Å². The number of hydrogen-bond donors (Lipinski definition) is 2. The van der Waals surface area contributed by atoms with Gasteiger partial charge in [0.15, 0.2) is 0 Å². The molecule has 2 N–H and O–H groups in total. The number of rotatable bonds is 3. The summed E-state index contributed by atoms with van der Waals surface area (Å²) in [6.07, 6.45) is -0.446. The smallest absolute Gasteiger partial charge is 0.331 e. The van der Waals surface area contributed by atoms with Gasteiger partial charge in [-0.25, -0.2) is 4.79 Å². The second-order valence-corrected chi connectivity index (χ2v) is 1.46. The van der Waals surface area contributed by atoms with Gasteiger partial charge in [-0.1, -0.05) is 6.58 Å². The number of carboxylic acid groups (broad SMARTS) is 2. The maximum Gasteiger partial charge on any atom is 0.331 e. The van der Waals surface area contributed by atoms with Gasteiger partial charge in [0.25, 0.3) is 1.43 Å². The largest absolute Gasteiger partial charge is 0.481 e. The number of carboxylic acids is 2. The van der Waals surface area contributed by atoms with Crippen LogP contribution in [0.5, 0.6) is 0 Å². The van der Waals surface area contributed by atoms with Crippen LogP contribution in [0.4, 0.5) is 0 Å². The van der Waals surface area contributed by atoms with Crippen LogP contribution in [0.15, 0.2) is 12.2 Å². The minimum absolute atomic E-state index is 0.280. The molecular weight excluding hydrogens is 124 g/mol. The first kappa shape index (κ1) is 5.81. The van der Waals surface area contributed by atoms with Crippen LogP contribution in [0.25, 0.3) is 1.43 Å². The molecule has 0 heterocycles. The van der Waals surface area contributed by atoms with Gasteiger partial charge in [-0.15, -0.1) is 0 Å². The SMILES string of the molecule is [2H]OC(=O)CC(=C)C(=O)O. The molecule has 4 heteroatoms. The van der Waals surface area contributed by atoms with Crippen molar-refractivity contribution in [1.82, 2.24) is 0 Å². The van der Waals surface area contributed by atoms with Crippen molar-refractivity contribution < 1.29 is 19.8 Å². The second kappa shape index (κ2) is 2.86. The summed E-state index contributed by atoms with van der Waals surface area (Å²) in [5.41, 5.74) is -0.280. The molecule has 0 atom stereocenters. The van der Waals surface area contributed by atoms with Crippen molar-refractivity contribution in [3.05, 3.63) is 12.2 Å². The number of carbonyl (C=O) groups is 2. The minimum atomic E-state index is -1.26. The Balaban J connectivity index is 3.80. The molecule has 0 fully saturated rings. The molecule has 0 aliphatic heterocycles. The summed E-state index contributed by atoms with van der Waals surface area (Å²) in [5, 5.41) is 11.6. The summed E-state index contributed by atoms with van der Waals surface area (Å²) < 4.78 is 6.06. The van der Waals surface area contributed by atoms with Gasteiger partial charge in [0, 0.05) is 5.57 Å². The number of aliphatic carboxylic acids is 2. The molecule has 0 saturated heterocycles. The third kappa shape index (κ3) is 3.28. The Morgan fingerprint density at radius 2 is 2.22 bits per heavy atom. The van der Waals surface area contributed by atoms with Crippen LogP contribution in [0.1, 0.15) is 6.42 Å². The van der Waals surface area contributed by atoms with E-state index in [-0.39, 0.29) is 5.57 Å². The van der Waals surface area contributed by atoms with Gasteiger partial charge >= 0.3 is 11.9 Å². The Morgan fingerprint density at radius 3 is 2.56 bits per heavy atom. The Labute approximate surface area is 52.9 Å². The Bertz CT molecular complexity index is 174. The predicted molar refractivity (Wildman–Crippen MR) is 29.0 cm³/mol. The van der Waals surface area contributed by atoms with Crippen molar-refractivity contribution in [1.29, 1.82) is 1.43 Å². The molecule has 4 nitrogen and oxygen atoms in total. The van der Waals surface area contributed by atoms with Crippen LogP contribution in [0.2, 0.25) is 0 Å². The van der Waals surface area contributed by atoms with Gasteiger partial charge in [-0.3, -0.25) is 4.79 Å². The van der Waals surface area contributed by atoms with E-state index in [9.17, 15) is 9.59 Å². The van der Waals surface area contributed by atoms with Crippen LogP contribution in [0.3, 0.4) is 0 Å². The van der Waals surface area contributed by atoms with Crippen molar-refractivity contribution in [2.45, 2.75) is 6.42 Å². The highest BCUT2D eigenvalue weighted by atomic mass is 16.4. The van der Waals surface area contributed by atoms with Gasteiger partial charge in [0.2, 0.25) is 0 Å². The highest BCUT2D eigenvalue weighted by Crippen LogP contribution is 1.95. The lowest BCUT2D eigenvalue weighted by Crippen LogP contribution is -2.04. The first-order chi connectivity index (χ1) is 4.57. The normalized spacial score (nSPS) is 9.56. The summed E-state index contributed by atoms with van der Waals surface area (Å²) in [6, 6.07) is 0. The lowest BCUT2D eigenvalue weighted by atomic mass is 10.2. The zero-order valence-corrected chi connectivity index (χ0v) is 4.59. The zero-order valence-electron chi connectivity index (χ0n) is 5.59. The Kier molecular flexibility index (Phi) is 1.85. The highest BCUT2D eigenvalue weighted by Gasteiger charge is 2.07. The van der Waals surface area contributed by atoms with E-state index < -0.39 is 18.4 Å². The monoisotopic (exact) mass is 131 g/mol. The maximum atomic E-state index is 10.2. The summed E-state index contributed by atoms with van der Waals surface area (Å²) in [6.45, 7) is 3.06. The van der Waals surface area contributed by atoms with Gasteiger partial charge in [-0.2, -0.15) is 0 Å². The van der Waals surface area contributed by atoms with Crippen LogP contribution >= 0.6 is 0 Å². The molecule has 0 aliphatic rings. The molecule has 0 bridgehead atoms. The molecule has 0 unspecified atom stereocenters. The standard InChI is InChI=1S/C5H6O4/c1-3(5(8)9)2-4(6)7/h1-2H2,(H,6,7)(H,8,9)/i/hD. The van der Waals surface area contributed by atoms with Crippen LogP contribution in [-0.2, 0) is 9.59 Å². The van der Waals surface area contributed by atoms with Gasteiger partial charge in [-0.05, 0) is 0 Å². The van der Waals surface area contributed by atoms with Crippen molar-refractivity contribution in [2.75, 3.05) is 0 Å². The van der Waals surface area contributed by atoms with E-state index in [1.807, 2.05) is 0 Å². The number of hydrogen-bond acceptors (Lipinski definition) is 3. The zero-order chi connectivity index (χ0) is 8.15. The van der Waals surface area contributed by atoms with E-state index in [4.69, 9.17) is 6.54 Å². The van der Waals surface area contributed by atoms with Crippen molar-refractivity contribution in [2.24, 2.45) is 0 Å². The molecule has 0 amide bonds. The van der Waals surface area contributed by atoms with E-state index in [2.05, 4.69) is 11.7 Å². The van der Waals surface area contributed by atoms with Gasteiger partial charge in [0.1, 0.15) is 0 Å². The second-order valence-electron chi connectivity index (χ2n) is 1.46. The van der Waals surface area contributed by atoms with E-state index in [0.717, 1.165) is 0 Å². The van der Waals surface area contributed by atoms with E-state index >= 15 is 0 Å². The average Bonchev–Trinajstić information content (AvgIpc) is 1.87.